The Labute approximate surface area is 123 Å². The molecule has 0 unspecified atom stereocenters. The van der Waals surface area contributed by atoms with Crippen molar-refractivity contribution < 1.29 is 13.2 Å². The number of amides is 2. The number of hydrogen-bond donors (Lipinski definition) is 2. The highest BCUT2D eigenvalue weighted by Crippen LogP contribution is 2.23. The average molecular weight is 317 g/mol. The van der Waals surface area contributed by atoms with Gasteiger partial charge < -0.3 is 10.6 Å². The topological polar surface area (TPSA) is 75.3 Å². The second-order valence-electron chi connectivity index (χ2n) is 5.45. The molecule has 1 atom stereocenters. The fourth-order valence-electron chi connectivity index (χ4n) is 2.22. The quantitative estimate of drug-likeness (QED) is 0.879. The second-order valence-corrected chi connectivity index (χ2v) is 8.04. The lowest BCUT2D eigenvalue weighted by Gasteiger charge is -2.24. The number of carbonyl (C=O) groups excluding carboxylic acids is 1. The summed E-state index contributed by atoms with van der Waals surface area (Å²) < 4.78 is 23.0. The zero-order valence-electron chi connectivity index (χ0n) is 11.4. The first-order chi connectivity index (χ1) is 9.19. The highest BCUT2D eigenvalue weighted by molar-refractivity contribution is 7.91. The molecule has 110 valence electrons. The van der Waals surface area contributed by atoms with Crippen LogP contribution < -0.4 is 10.6 Å². The lowest BCUT2D eigenvalue weighted by Crippen LogP contribution is -2.48. The molecule has 2 N–H and O–H groups in total. The third kappa shape index (κ3) is 3.64. The first kappa shape index (κ1) is 15.1. The van der Waals surface area contributed by atoms with Crippen molar-refractivity contribution in [1.82, 2.24) is 5.32 Å². The van der Waals surface area contributed by atoms with E-state index in [1.54, 1.807) is 25.1 Å². The lowest BCUT2D eigenvalue weighted by atomic mass is 10.0. The fraction of sp³-hybridized carbons (Fsp3) is 0.462. The van der Waals surface area contributed by atoms with Gasteiger partial charge in [-0.1, -0.05) is 17.7 Å². The maximum absolute atomic E-state index is 11.9. The molecule has 7 heteroatoms. The predicted molar refractivity (Wildman–Crippen MR) is 80.0 cm³/mol. The van der Waals surface area contributed by atoms with E-state index in [9.17, 15) is 13.2 Å². The van der Waals surface area contributed by atoms with E-state index in [-0.39, 0.29) is 11.5 Å². The number of halogens is 1. The van der Waals surface area contributed by atoms with Gasteiger partial charge in [-0.15, -0.1) is 0 Å². The highest BCUT2D eigenvalue weighted by Gasteiger charge is 2.39. The van der Waals surface area contributed by atoms with E-state index in [4.69, 9.17) is 11.6 Å². The first-order valence-corrected chi connectivity index (χ1v) is 8.45. The highest BCUT2D eigenvalue weighted by atomic mass is 35.5. The Bertz CT molecular complexity index is 645. The van der Waals surface area contributed by atoms with Gasteiger partial charge in [0.05, 0.1) is 17.0 Å². The van der Waals surface area contributed by atoms with Gasteiger partial charge in [-0.3, -0.25) is 0 Å². The van der Waals surface area contributed by atoms with Gasteiger partial charge in [0.25, 0.3) is 0 Å². The summed E-state index contributed by atoms with van der Waals surface area (Å²) in [7, 11) is -3.05. The number of sulfone groups is 1. The summed E-state index contributed by atoms with van der Waals surface area (Å²) in [5.41, 5.74) is 0.784. The van der Waals surface area contributed by atoms with Crippen molar-refractivity contribution in [2.45, 2.75) is 25.8 Å². The Hall–Kier alpha value is -1.27. The SMILES string of the molecule is Cc1ccc(NC(=O)N[C@]2(C)CCS(=O)(=O)C2)cc1Cl. The lowest BCUT2D eigenvalue weighted by molar-refractivity contribution is 0.242. The van der Waals surface area contributed by atoms with Crippen molar-refractivity contribution in [3.8, 4) is 0 Å². The number of anilines is 1. The second kappa shape index (κ2) is 5.26. The minimum atomic E-state index is -3.05. The minimum Gasteiger partial charge on any atom is -0.332 e. The van der Waals surface area contributed by atoms with Gasteiger partial charge in [-0.05, 0) is 38.0 Å². The number of urea groups is 1. The van der Waals surface area contributed by atoms with Crippen molar-refractivity contribution in [2.75, 3.05) is 16.8 Å². The van der Waals surface area contributed by atoms with Crippen LogP contribution in [0.5, 0.6) is 0 Å². The van der Waals surface area contributed by atoms with Crippen LogP contribution in [0.3, 0.4) is 0 Å². The Kier molecular flexibility index (Phi) is 3.97. The summed E-state index contributed by atoms with van der Waals surface area (Å²) in [4.78, 5) is 11.9. The minimum absolute atomic E-state index is 0.0257. The van der Waals surface area contributed by atoms with E-state index < -0.39 is 21.4 Å². The van der Waals surface area contributed by atoms with E-state index in [0.29, 0.717) is 17.1 Å². The van der Waals surface area contributed by atoms with E-state index in [1.807, 2.05) is 6.92 Å². The number of nitrogens with one attached hydrogen (secondary N) is 2. The zero-order chi connectivity index (χ0) is 15.0. The Morgan fingerprint density at radius 3 is 2.65 bits per heavy atom. The van der Waals surface area contributed by atoms with Crippen molar-refractivity contribution >= 4 is 33.2 Å². The fourth-order valence-corrected chi connectivity index (χ4v) is 4.49. The number of carbonyl (C=O) groups is 1. The summed E-state index contributed by atoms with van der Waals surface area (Å²) in [6, 6.07) is 4.78. The van der Waals surface area contributed by atoms with Gasteiger partial charge in [-0.2, -0.15) is 0 Å². The Balaban J connectivity index is 2.01. The zero-order valence-corrected chi connectivity index (χ0v) is 12.9. The van der Waals surface area contributed by atoms with Gasteiger partial charge in [0, 0.05) is 10.7 Å². The molecule has 5 nitrogen and oxygen atoms in total. The average Bonchev–Trinajstić information content (AvgIpc) is 2.57. The smallest absolute Gasteiger partial charge is 0.319 e. The standard InChI is InChI=1S/C13H17ClN2O3S/c1-9-3-4-10(7-11(9)14)15-12(17)16-13(2)5-6-20(18,19)8-13/h3-4,7H,5-6,8H2,1-2H3,(H2,15,16,17)/t13-/m1/s1. The van der Waals surface area contributed by atoms with Gasteiger partial charge in [0.1, 0.15) is 0 Å². The summed E-state index contributed by atoms with van der Waals surface area (Å²) in [5.74, 6) is 0.0855. The Morgan fingerprint density at radius 2 is 2.10 bits per heavy atom. The van der Waals surface area contributed by atoms with Crippen LogP contribution in [0.25, 0.3) is 0 Å². The molecule has 1 aliphatic rings. The molecule has 1 aromatic carbocycles. The monoisotopic (exact) mass is 316 g/mol. The van der Waals surface area contributed by atoms with Crippen molar-refractivity contribution in [1.29, 1.82) is 0 Å². The number of hydrogen-bond acceptors (Lipinski definition) is 3. The number of aryl methyl sites for hydroxylation is 1. The van der Waals surface area contributed by atoms with E-state index >= 15 is 0 Å². The number of benzene rings is 1. The summed E-state index contributed by atoms with van der Waals surface area (Å²) in [6.45, 7) is 3.61. The van der Waals surface area contributed by atoms with Crippen LogP contribution in [0.2, 0.25) is 5.02 Å². The maximum atomic E-state index is 11.9. The van der Waals surface area contributed by atoms with Gasteiger partial charge in [0.2, 0.25) is 0 Å². The molecule has 1 fully saturated rings. The van der Waals surface area contributed by atoms with Crippen LogP contribution in [-0.4, -0.2) is 31.5 Å². The van der Waals surface area contributed by atoms with Crippen molar-refractivity contribution in [3.63, 3.8) is 0 Å². The first-order valence-electron chi connectivity index (χ1n) is 6.25. The molecule has 2 amide bonds. The van der Waals surface area contributed by atoms with Crippen molar-refractivity contribution in [3.05, 3.63) is 28.8 Å². The van der Waals surface area contributed by atoms with Gasteiger partial charge in [-0.25, -0.2) is 13.2 Å². The molecule has 1 aliphatic heterocycles. The van der Waals surface area contributed by atoms with E-state index in [1.165, 1.54) is 0 Å². The molecule has 1 aromatic rings. The van der Waals surface area contributed by atoms with Crippen molar-refractivity contribution in [2.24, 2.45) is 0 Å². The van der Waals surface area contributed by atoms with Crippen LogP contribution in [0.1, 0.15) is 18.9 Å². The molecule has 0 aliphatic carbocycles. The van der Waals surface area contributed by atoms with Crippen LogP contribution in [0.15, 0.2) is 18.2 Å². The molecule has 2 rings (SSSR count). The van der Waals surface area contributed by atoms with Gasteiger partial charge in [0.15, 0.2) is 9.84 Å². The van der Waals surface area contributed by atoms with Gasteiger partial charge >= 0.3 is 6.03 Å². The predicted octanol–water partition coefficient (Wildman–Crippen LogP) is 2.35. The molecule has 0 spiro atoms. The number of rotatable bonds is 2. The van der Waals surface area contributed by atoms with Crippen LogP contribution in [0, 0.1) is 6.92 Å². The summed E-state index contributed by atoms with van der Waals surface area (Å²) >= 11 is 5.98. The third-order valence-electron chi connectivity index (χ3n) is 3.35. The molecule has 20 heavy (non-hydrogen) atoms. The molecule has 1 heterocycles. The Morgan fingerprint density at radius 1 is 1.40 bits per heavy atom. The molecular formula is C13H17ClN2O3S. The van der Waals surface area contributed by atoms with Crippen LogP contribution in [-0.2, 0) is 9.84 Å². The van der Waals surface area contributed by atoms with Crippen LogP contribution >= 0.6 is 11.6 Å². The van der Waals surface area contributed by atoms with E-state index in [2.05, 4.69) is 10.6 Å². The summed E-state index contributed by atoms with van der Waals surface area (Å²) in [5, 5.41) is 5.95. The molecular weight excluding hydrogens is 300 g/mol. The largest absolute Gasteiger partial charge is 0.332 e. The molecule has 0 saturated carbocycles. The molecule has 0 aromatic heterocycles. The molecule has 1 saturated heterocycles. The molecule has 0 bridgehead atoms. The normalized spacial score (nSPS) is 24.4. The maximum Gasteiger partial charge on any atom is 0.319 e. The third-order valence-corrected chi connectivity index (χ3v) is 5.66. The van der Waals surface area contributed by atoms with E-state index in [0.717, 1.165) is 5.56 Å². The molecule has 0 radical (unpaired) electrons. The van der Waals surface area contributed by atoms with Crippen LogP contribution in [0.4, 0.5) is 10.5 Å². The summed E-state index contributed by atoms with van der Waals surface area (Å²) in [6.07, 6.45) is 0.428.